The number of amides is 1. The van der Waals surface area contributed by atoms with E-state index in [-0.39, 0.29) is 5.91 Å². The van der Waals surface area contributed by atoms with Crippen molar-refractivity contribution in [1.82, 2.24) is 14.8 Å². The van der Waals surface area contributed by atoms with Gasteiger partial charge in [-0.25, -0.2) is 4.98 Å². The first kappa shape index (κ1) is 14.9. The largest absolute Gasteiger partial charge is 0.439 e. The Balaban J connectivity index is 1.37. The third kappa shape index (κ3) is 3.03. The van der Waals surface area contributed by atoms with E-state index < -0.39 is 0 Å². The summed E-state index contributed by atoms with van der Waals surface area (Å²) < 4.78 is 5.78. The Bertz CT molecular complexity index is 803. The summed E-state index contributed by atoms with van der Waals surface area (Å²) in [6, 6.07) is 17.3. The van der Waals surface area contributed by atoms with Gasteiger partial charge in [0.15, 0.2) is 5.58 Å². The van der Waals surface area contributed by atoms with E-state index in [9.17, 15) is 4.79 Å². The summed E-state index contributed by atoms with van der Waals surface area (Å²) in [5.41, 5.74) is 2.47. The van der Waals surface area contributed by atoms with Crippen molar-refractivity contribution in [3.8, 4) is 0 Å². The number of para-hydroxylation sites is 2. The summed E-state index contributed by atoms with van der Waals surface area (Å²) in [5, 5.41) is 0. The summed E-state index contributed by atoms with van der Waals surface area (Å²) in [6.45, 7) is 3.80. The smallest absolute Gasteiger partial charge is 0.253 e. The van der Waals surface area contributed by atoms with Gasteiger partial charge in [0.1, 0.15) is 5.52 Å². The molecule has 0 atom stereocenters. The van der Waals surface area contributed by atoms with Crippen LogP contribution >= 0.6 is 0 Å². The van der Waals surface area contributed by atoms with Crippen LogP contribution in [0.25, 0.3) is 11.1 Å². The molecule has 4 rings (SSSR count). The van der Waals surface area contributed by atoms with Crippen molar-refractivity contribution in [3.63, 3.8) is 0 Å². The van der Waals surface area contributed by atoms with E-state index in [4.69, 9.17) is 4.42 Å². The average molecular weight is 321 g/mol. The van der Waals surface area contributed by atoms with Gasteiger partial charge in [0, 0.05) is 31.7 Å². The molecule has 24 heavy (non-hydrogen) atoms. The molecule has 0 unspecified atom stereocenters. The van der Waals surface area contributed by atoms with E-state index in [0.29, 0.717) is 6.54 Å². The molecule has 0 radical (unpaired) electrons. The number of oxazole rings is 1. The van der Waals surface area contributed by atoms with E-state index in [1.165, 1.54) is 0 Å². The zero-order chi connectivity index (χ0) is 16.4. The first-order valence-electron chi connectivity index (χ1n) is 8.21. The maximum Gasteiger partial charge on any atom is 0.253 e. The van der Waals surface area contributed by atoms with Gasteiger partial charge in [-0.05, 0) is 24.3 Å². The van der Waals surface area contributed by atoms with E-state index >= 15 is 0 Å². The zero-order valence-electron chi connectivity index (χ0n) is 13.4. The normalized spacial score (nSPS) is 15.8. The molecule has 0 aliphatic carbocycles. The molecule has 1 aliphatic rings. The molecule has 1 aliphatic heterocycles. The standard InChI is InChI=1S/C19H19N3O2/c23-19(15-6-2-1-3-7-15)22-12-10-21(11-13-22)14-18-20-16-8-4-5-9-17(16)24-18/h1-9H,10-14H2. The Kier molecular flexibility index (Phi) is 4.01. The third-order valence-corrected chi connectivity index (χ3v) is 4.38. The molecule has 122 valence electrons. The van der Waals surface area contributed by atoms with Gasteiger partial charge in [0.25, 0.3) is 5.91 Å². The van der Waals surface area contributed by atoms with Crippen LogP contribution in [0.5, 0.6) is 0 Å². The molecular weight excluding hydrogens is 302 g/mol. The van der Waals surface area contributed by atoms with Crippen LogP contribution in [0.4, 0.5) is 0 Å². The van der Waals surface area contributed by atoms with Crippen LogP contribution in [0.15, 0.2) is 59.0 Å². The molecule has 1 saturated heterocycles. The molecule has 0 bridgehead atoms. The predicted octanol–water partition coefficient (Wildman–Crippen LogP) is 2.79. The van der Waals surface area contributed by atoms with Crippen LogP contribution in [0.1, 0.15) is 16.2 Å². The molecule has 1 amide bonds. The van der Waals surface area contributed by atoms with Gasteiger partial charge in [0.05, 0.1) is 6.54 Å². The number of fused-ring (bicyclic) bond motifs is 1. The van der Waals surface area contributed by atoms with Crippen molar-refractivity contribution in [1.29, 1.82) is 0 Å². The third-order valence-electron chi connectivity index (χ3n) is 4.38. The van der Waals surface area contributed by atoms with Crippen molar-refractivity contribution in [2.24, 2.45) is 0 Å². The molecular formula is C19H19N3O2. The minimum Gasteiger partial charge on any atom is -0.439 e. The van der Waals surface area contributed by atoms with Crippen LogP contribution in [0.3, 0.4) is 0 Å². The number of benzene rings is 2. The lowest BCUT2D eigenvalue weighted by molar-refractivity contribution is 0.0619. The highest BCUT2D eigenvalue weighted by molar-refractivity contribution is 5.94. The van der Waals surface area contributed by atoms with Crippen LogP contribution < -0.4 is 0 Å². The Labute approximate surface area is 140 Å². The molecule has 0 saturated carbocycles. The number of carbonyl (C=O) groups is 1. The van der Waals surface area contributed by atoms with Crippen molar-refractivity contribution < 1.29 is 9.21 Å². The molecule has 5 nitrogen and oxygen atoms in total. The highest BCUT2D eigenvalue weighted by Crippen LogP contribution is 2.17. The van der Waals surface area contributed by atoms with Crippen LogP contribution in [-0.4, -0.2) is 46.9 Å². The van der Waals surface area contributed by atoms with Gasteiger partial charge in [-0.15, -0.1) is 0 Å². The Morgan fingerprint density at radius 1 is 0.958 bits per heavy atom. The summed E-state index contributed by atoms with van der Waals surface area (Å²) in [7, 11) is 0. The topological polar surface area (TPSA) is 49.6 Å². The molecule has 2 aromatic carbocycles. The molecule has 1 aromatic heterocycles. The molecule has 0 N–H and O–H groups in total. The van der Waals surface area contributed by atoms with Gasteiger partial charge in [-0.2, -0.15) is 0 Å². The first-order valence-corrected chi connectivity index (χ1v) is 8.21. The number of hydrogen-bond donors (Lipinski definition) is 0. The monoisotopic (exact) mass is 321 g/mol. The maximum absolute atomic E-state index is 12.5. The maximum atomic E-state index is 12.5. The van der Waals surface area contributed by atoms with Crippen molar-refractivity contribution in [3.05, 3.63) is 66.1 Å². The highest BCUT2D eigenvalue weighted by atomic mass is 16.3. The van der Waals surface area contributed by atoms with E-state index in [2.05, 4.69) is 9.88 Å². The van der Waals surface area contributed by atoms with Gasteiger partial charge < -0.3 is 9.32 Å². The summed E-state index contributed by atoms with van der Waals surface area (Å²) in [6.07, 6.45) is 0. The SMILES string of the molecule is O=C(c1ccccc1)N1CCN(Cc2nc3ccccc3o2)CC1. The number of piperazine rings is 1. The number of rotatable bonds is 3. The van der Waals surface area contributed by atoms with Crippen molar-refractivity contribution >= 4 is 17.0 Å². The fraction of sp³-hybridized carbons (Fsp3) is 0.263. The fourth-order valence-corrected chi connectivity index (χ4v) is 3.05. The average Bonchev–Trinajstić information content (AvgIpc) is 3.05. The molecule has 0 spiro atoms. The van der Waals surface area contributed by atoms with Crippen molar-refractivity contribution in [2.75, 3.05) is 26.2 Å². The van der Waals surface area contributed by atoms with Gasteiger partial charge in [-0.1, -0.05) is 30.3 Å². The number of carbonyl (C=O) groups excluding carboxylic acids is 1. The Hall–Kier alpha value is -2.66. The predicted molar refractivity (Wildman–Crippen MR) is 91.6 cm³/mol. The minimum absolute atomic E-state index is 0.108. The molecule has 5 heteroatoms. The Morgan fingerprint density at radius 2 is 1.67 bits per heavy atom. The van der Waals surface area contributed by atoms with Crippen LogP contribution in [0.2, 0.25) is 0 Å². The van der Waals surface area contributed by atoms with Crippen LogP contribution in [-0.2, 0) is 6.54 Å². The van der Waals surface area contributed by atoms with Gasteiger partial charge >= 0.3 is 0 Å². The number of aromatic nitrogens is 1. The second kappa shape index (κ2) is 6.45. The quantitative estimate of drug-likeness (QED) is 0.744. The van der Waals surface area contributed by atoms with Crippen LogP contribution in [0, 0.1) is 0 Å². The molecule has 2 heterocycles. The van der Waals surface area contributed by atoms with Gasteiger partial charge in [-0.3, -0.25) is 9.69 Å². The lowest BCUT2D eigenvalue weighted by Crippen LogP contribution is -2.48. The van der Waals surface area contributed by atoms with Crippen molar-refractivity contribution in [2.45, 2.75) is 6.54 Å². The second-order valence-electron chi connectivity index (χ2n) is 6.01. The second-order valence-corrected chi connectivity index (χ2v) is 6.01. The molecule has 3 aromatic rings. The lowest BCUT2D eigenvalue weighted by Gasteiger charge is -2.34. The summed E-state index contributed by atoms with van der Waals surface area (Å²) >= 11 is 0. The molecule has 1 fully saturated rings. The highest BCUT2D eigenvalue weighted by Gasteiger charge is 2.23. The zero-order valence-corrected chi connectivity index (χ0v) is 13.4. The number of hydrogen-bond acceptors (Lipinski definition) is 4. The summed E-state index contributed by atoms with van der Waals surface area (Å²) in [5.74, 6) is 0.844. The fourth-order valence-electron chi connectivity index (χ4n) is 3.05. The lowest BCUT2D eigenvalue weighted by atomic mass is 10.2. The Morgan fingerprint density at radius 3 is 2.42 bits per heavy atom. The van der Waals surface area contributed by atoms with E-state index in [0.717, 1.165) is 48.7 Å². The summed E-state index contributed by atoms with van der Waals surface area (Å²) in [4.78, 5) is 21.2. The number of nitrogens with zero attached hydrogens (tertiary/aromatic N) is 3. The minimum atomic E-state index is 0.108. The van der Waals surface area contributed by atoms with E-state index in [1.807, 2.05) is 59.5 Å². The van der Waals surface area contributed by atoms with E-state index in [1.54, 1.807) is 0 Å². The first-order chi connectivity index (χ1) is 11.8. The van der Waals surface area contributed by atoms with Gasteiger partial charge in [0.2, 0.25) is 5.89 Å².